The zero-order chi connectivity index (χ0) is 12.8. The first-order valence-corrected chi connectivity index (χ1v) is 6.72. The van der Waals surface area contributed by atoms with E-state index in [1.807, 2.05) is 36.4 Å². The average molecular weight is 259 g/mol. The lowest BCUT2D eigenvalue weighted by Crippen LogP contribution is -2.06. The Kier molecular flexibility index (Phi) is 2.33. The largest absolute Gasteiger partial charge is 0.378 e. The average Bonchev–Trinajstić information content (AvgIpc) is 2.67. The van der Waals surface area contributed by atoms with Gasteiger partial charge in [0, 0.05) is 5.57 Å². The van der Waals surface area contributed by atoms with Gasteiger partial charge in [0.15, 0.2) is 0 Å². The zero-order valence-corrected chi connectivity index (χ0v) is 10.1. The summed E-state index contributed by atoms with van der Waals surface area (Å²) >= 11 is 0. The molecule has 0 radical (unpaired) electrons. The first kappa shape index (κ1) is 11.1. The number of nitrogens with zero attached hydrogens (tertiary/aromatic N) is 1. The van der Waals surface area contributed by atoms with Crippen LogP contribution in [0.3, 0.4) is 0 Å². The highest BCUT2D eigenvalue weighted by Gasteiger charge is 2.23. The highest BCUT2D eigenvalue weighted by molar-refractivity contribution is 7.84. The third-order valence-electron chi connectivity index (χ3n) is 2.85. The molecule has 3 rings (SSSR count). The van der Waals surface area contributed by atoms with Crippen LogP contribution in [0.25, 0.3) is 11.6 Å². The van der Waals surface area contributed by atoms with Crippen molar-refractivity contribution in [1.29, 1.82) is 0 Å². The highest BCUT2D eigenvalue weighted by Crippen LogP contribution is 2.38. The molecule has 0 bridgehead atoms. The van der Waals surface area contributed by atoms with Gasteiger partial charge in [-0.15, -0.1) is 4.40 Å². The maximum Gasteiger partial charge on any atom is 0.378 e. The first-order chi connectivity index (χ1) is 8.54. The minimum atomic E-state index is -4.38. The Balaban J connectivity index is 2.18. The number of hydrogen-bond acceptors (Lipinski definition) is 2. The summed E-state index contributed by atoms with van der Waals surface area (Å²) in [6, 6.07) is 7.76. The van der Waals surface area contributed by atoms with E-state index in [0.29, 0.717) is 0 Å². The predicted octanol–water partition coefficient (Wildman–Crippen LogP) is 2.28. The molecule has 2 aliphatic rings. The van der Waals surface area contributed by atoms with Crippen LogP contribution in [0.5, 0.6) is 0 Å². The van der Waals surface area contributed by atoms with E-state index in [-0.39, 0.29) is 5.71 Å². The van der Waals surface area contributed by atoms with Crippen molar-refractivity contribution in [2.75, 3.05) is 0 Å². The molecule has 0 saturated heterocycles. The molecule has 0 aliphatic heterocycles. The van der Waals surface area contributed by atoms with E-state index in [9.17, 15) is 8.42 Å². The summed E-state index contributed by atoms with van der Waals surface area (Å²) in [7, 11) is -4.38. The van der Waals surface area contributed by atoms with E-state index in [2.05, 4.69) is 4.40 Å². The molecule has 90 valence electrons. The molecule has 5 heteroatoms. The standard InChI is InChI=1S/C13H9NO3S/c15-18(16,17)14-13-7-3-6-11-10-5-2-1-4-9(10)8-12(11)13/h1-8H,(H,15,16,17). The fourth-order valence-electron chi connectivity index (χ4n) is 2.17. The normalized spacial score (nSPS) is 19.3. The summed E-state index contributed by atoms with van der Waals surface area (Å²) < 4.78 is 33.9. The molecule has 0 amide bonds. The molecule has 4 nitrogen and oxygen atoms in total. The molecule has 1 aromatic rings. The second-order valence-corrected chi connectivity index (χ2v) is 5.09. The molecule has 1 aromatic carbocycles. The van der Waals surface area contributed by atoms with Gasteiger partial charge in [-0.1, -0.05) is 36.4 Å². The van der Waals surface area contributed by atoms with Crippen molar-refractivity contribution in [3.63, 3.8) is 0 Å². The smallest absolute Gasteiger partial charge is 0.268 e. The van der Waals surface area contributed by atoms with Gasteiger partial charge in [-0.05, 0) is 28.9 Å². The van der Waals surface area contributed by atoms with Crippen LogP contribution in [0.1, 0.15) is 11.1 Å². The van der Waals surface area contributed by atoms with Gasteiger partial charge >= 0.3 is 10.3 Å². The summed E-state index contributed by atoms with van der Waals surface area (Å²) in [5.74, 6) is 0. The fourth-order valence-corrected chi connectivity index (χ4v) is 2.57. The van der Waals surface area contributed by atoms with Gasteiger partial charge in [0.1, 0.15) is 0 Å². The van der Waals surface area contributed by atoms with E-state index in [1.165, 1.54) is 0 Å². The Morgan fingerprint density at radius 2 is 1.89 bits per heavy atom. The minimum Gasteiger partial charge on any atom is -0.268 e. The zero-order valence-electron chi connectivity index (χ0n) is 9.24. The SMILES string of the molecule is O=S(=O)(O)N=C1C=CC=C2C1=Cc1ccccc12. The summed E-state index contributed by atoms with van der Waals surface area (Å²) in [5.41, 5.74) is 3.96. The van der Waals surface area contributed by atoms with Crippen LogP contribution in [-0.2, 0) is 10.3 Å². The fraction of sp³-hybridized carbons (Fsp3) is 0. The molecule has 0 fully saturated rings. The molecule has 2 aliphatic carbocycles. The number of hydrogen-bond donors (Lipinski definition) is 1. The number of rotatable bonds is 1. The third kappa shape index (κ3) is 1.83. The van der Waals surface area contributed by atoms with E-state index in [4.69, 9.17) is 4.55 Å². The first-order valence-electron chi connectivity index (χ1n) is 5.32. The van der Waals surface area contributed by atoms with Crippen molar-refractivity contribution in [3.8, 4) is 0 Å². The lowest BCUT2D eigenvalue weighted by atomic mass is 9.96. The maximum absolute atomic E-state index is 10.8. The van der Waals surface area contributed by atoms with Gasteiger partial charge < -0.3 is 0 Å². The van der Waals surface area contributed by atoms with Crippen LogP contribution in [0.15, 0.2) is 52.5 Å². The molecule has 0 saturated carbocycles. The molecule has 0 heterocycles. The predicted molar refractivity (Wildman–Crippen MR) is 70.5 cm³/mol. The second kappa shape index (κ2) is 3.76. The molecular weight excluding hydrogens is 250 g/mol. The highest BCUT2D eigenvalue weighted by atomic mass is 32.2. The molecule has 0 spiro atoms. The van der Waals surface area contributed by atoms with Gasteiger partial charge in [-0.25, -0.2) is 0 Å². The molecular formula is C13H9NO3S. The van der Waals surface area contributed by atoms with Crippen LogP contribution in [0.4, 0.5) is 0 Å². The Labute approximate surface area is 105 Å². The lowest BCUT2D eigenvalue weighted by Gasteiger charge is -2.10. The summed E-state index contributed by atoms with van der Waals surface area (Å²) in [4.78, 5) is 0. The molecule has 1 N–H and O–H groups in total. The second-order valence-electron chi connectivity index (χ2n) is 4.01. The van der Waals surface area contributed by atoms with Crippen molar-refractivity contribution >= 4 is 27.7 Å². The van der Waals surface area contributed by atoms with Crippen molar-refractivity contribution < 1.29 is 13.0 Å². The van der Waals surface area contributed by atoms with Gasteiger partial charge in [0.05, 0.1) is 5.71 Å². The Morgan fingerprint density at radius 1 is 1.11 bits per heavy atom. The van der Waals surface area contributed by atoms with Gasteiger partial charge in [0.25, 0.3) is 0 Å². The summed E-state index contributed by atoms with van der Waals surface area (Å²) in [6.07, 6.45) is 7.06. The molecule has 18 heavy (non-hydrogen) atoms. The topological polar surface area (TPSA) is 66.7 Å². The minimum absolute atomic E-state index is 0.256. The lowest BCUT2D eigenvalue weighted by molar-refractivity contribution is 0.485. The van der Waals surface area contributed by atoms with E-state index in [0.717, 1.165) is 22.3 Å². The van der Waals surface area contributed by atoms with E-state index < -0.39 is 10.3 Å². The van der Waals surface area contributed by atoms with Gasteiger partial charge in [-0.3, -0.25) is 4.55 Å². The van der Waals surface area contributed by atoms with Crippen molar-refractivity contribution in [1.82, 2.24) is 0 Å². The van der Waals surface area contributed by atoms with Crippen molar-refractivity contribution in [2.45, 2.75) is 0 Å². The van der Waals surface area contributed by atoms with E-state index >= 15 is 0 Å². The van der Waals surface area contributed by atoms with Gasteiger partial charge in [0.2, 0.25) is 0 Å². The monoisotopic (exact) mass is 259 g/mol. The van der Waals surface area contributed by atoms with Crippen LogP contribution >= 0.6 is 0 Å². The Hall–Kier alpha value is -1.98. The molecule has 0 unspecified atom stereocenters. The quantitative estimate of drug-likeness (QED) is 0.787. The number of benzene rings is 1. The Bertz CT molecular complexity index is 752. The van der Waals surface area contributed by atoms with Crippen LogP contribution < -0.4 is 0 Å². The van der Waals surface area contributed by atoms with Gasteiger partial charge in [-0.2, -0.15) is 8.42 Å². The van der Waals surface area contributed by atoms with E-state index in [1.54, 1.807) is 12.2 Å². The third-order valence-corrected chi connectivity index (χ3v) is 3.28. The number of fused-ring (bicyclic) bond motifs is 3. The molecule has 0 atom stereocenters. The van der Waals surface area contributed by atoms with Crippen LogP contribution in [-0.4, -0.2) is 18.7 Å². The molecule has 0 aromatic heterocycles. The van der Waals surface area contributed by atoms with Crippen molar-refractivity contribution in [2.24, 2.45) is 4.40 Å². The Morgan fingerprint density at radius 3 is 2.67 bits per heavy atom. The maximum atomic E-state index is 10.8. The summed E-state index contributed by atoms with van der Waals surface area (Å²) in [6.45, 7) is 0. The van der Waals surface area contributed by atoms with Crippen molar-refractivity contribution in [3.05, 3.63) is 59.2 Å². The number of allylic oxidation sites excluding steroid dienone is 5. The summed E-state index contributed by atoms with van der Waals surface area (Å²) in [5, 5.41) is 0. The van der Waals surface area contributed by atoms with Crippen LogP contribution in [0.2, 0.25) is 0 Å². The van der Waals surface area contributed by atoms with Crippen LogP contribution in [0, 0.1) is 0 Å².